The molecule has 0 radical (unpaired) electrons. The molecule has 4 nitrogen and oxygen atoms in total. The van der Waals surface area contributed by atoms with Crippen molar-refractivity contribution in [2.45, 2.75) is 6.61 Å². The molecular weight excluding hydrogens is 360 g/mol. The van der Waals surface area contributed by atoms with Gasteiger partial charge in [-0.05, 0) is 34.9 Å². The molecule has 0 fully saturated rings. The molecule has 0 atom stereocenters. The van der Waals surface area contributed by atoms with Crippen LogP contribution in [0, 0.1) is 11.3 Å². The molecule has 140 valence electrons. The highest BCUT2D eigenvalue weighted by Gasteiger charge is 2.12. The topological polar surface area (TPSA) is 55.0 Å². The molecule has 0 N–H and O–H groups in total. The van der Waals surface area contributed by atoms with Crippen molar-refractivity contribution in [1.29, 1.82) is 5.26 Å². The summed E-state index contributed by atoms with van der Waals surface area (Å²) < 4.78 is 1.32. The summed E-state index contributed by atoms with van der Waals surface area (Å²) in [7, 11) is 0. The Kier molecular flexibility index (Phi) is 5.22. The maximum atomic E-state index is 12.9. The van der Waals surface area contributed by atoms with Crippen LogP contribution in [0.3, 0.4) is 0 Å². The predicted octanol–water partition coefficient (Wildman–Crippen LogP) is 4.68. The standard InChI is InChI=1S/C25H18N2O2/c26-17-19-8-7-9-20(14-19)18-29-27-24(22-12-5-2-6-13-22)15-23(16-25(27)28)21-10-3-1-4-11-21/h1-16H,18H2. The molecule has 1 heterocycles. The second kappa shape index (κ2) is 8.28. The Labute approximate surface area is 168 Å². The lowest BCUT2D eigenvalue weighted by Crippen LogP contribution is -2.28. The van der Waals surface area contributed by atoms with E-state index in [1.807, 2.05) is 72.8 Å². The molecule has 0 aliphatic rings. The Hall–Kier alpha value is -4.10. The van der Waals surface area contributed by atoms with Crippen LogP contribution in [0.1, 0.15) is 11.1 Å². The normalized spacial score (nSPS) is 10.3. The number of nitriles is 1. The summed E-state index contributed by atoms with van der Waals surface area (Å²) in [5, 5.41) is 9.08. The fourth-order valence-electron chi connectivity index (χ4n) is 3.17. The van der Waals surface area contributed by atoms with E-state index in [4.69, 9.17) is 10.1 Å². The monoisotopic (exact) mass is 378 g/mol. The predicted molar refractivity (Wildman–Crippen MR) is 113 cm³/mol. The number of hydrogen-bond acceptors (Lipinski definition) is 3. The summed E-state index contributed by atoms with van der Waals surface area (Å²) in [5.74, 6) is 0. The number of rotatable bonds is 5. The molecule has 0 unspecified atom stereocenters. The minimum atomic E-state index is -0.248. The Morgan fingerprint density at radius 3 is 2.14 bits per heavy atom. The lowest BCUT2D eigenvalue weighted by atomic mass is 10.0. The molecule has 0 bridgehead atoms. The van der Waals surface area contributed by atoms with E-state index >= 15 is 0 Å². The van der Waals surface area contributed by atoms with Crippen LogP contribution in [-0.4, -0.2) is 4.73 Å². The van der Waals surface area contributed by atoms with Crippen LogP contribution in [0.4, 0.5) is 0 Å². The zero-order valence-corrected chi connectivity index (χ0v) is 15.7. The van der Waals surface area contributed by atoms with Gasteiger partial charge >= 0.3 is 0 Å². The average Bonchev–Trinajstić information content (AvgIpc) is 2.79. The van der Waals surface area contributed by atoms with Crippen molar-refractivity contribution in [2.75, 3.05) is 0 Å². The first-order chi connectivity index (χ1) is 14.2. The van der Waals surface area contributed by atoms with Gasteiger partial charge in [-0.1, -0.05) is 72.8 Å². The van der Waals surface area contributed by atoms with Gasteiger partial charge in [0.15, 0.2) is 0 Å². The van der Waals surface area contributed by atoms with Gasteiger partial charge in [0.1, 0.15) is 6.61 Å². The highest BCUT2D eigenvalue weighted by atomic mass is 16.7. The Morgan fingerprint density at radius 2 is 1.45 bits per heavy atom. The van der Waals surface area contributed by atoms with Gasteiger partial charge in [-0.15, -0.1) is 4.73 Å². The minimum Gasteiger partial charge on any atom is -0.405 e. The van der Waals surface area contributed by atoms with Gasteiger partial charge in [0.25, 0.3) is 5.56 Å². The fraction of sp³-hybridized carbons (Fsp3) is 0.0400. The summed E-state index contributed by atoms with van der Waals surface area (Å²) in [5.41, 5.74) is 4.49. The lowest BCUT2D eigenvalue weighted by molar-refractivity contribution is 0.0929. The molecule has 0 aliphatic carbocycles. The van der Waals surface area contributed by atoms with Crippen LogP contribution in [-0.2, 0) is 6.61 Å². The number of pyridine rings is 1. The molecule has 0 saturated heterocycles. The maximum Gasteiger partial charge on any atom is 0.284 e. The van der Waals surface area contributed by atoms with Gasteiger partial charge in [0.05, 0.1) is 17.3 Å². The highest BCUT2D eigenvalue weighted by Crippen LogP contribution is 2.24. The molecule has 4 rings (SSSR count). The first-order valence-electron chi connectivity index (χ1n) is 9.25. The first-order valence-corrected chi connectivity index (χ1v) is 9.25. The third kappa shape index (κ3) is 4.10. The summed E-state index contributed by atoms with van der Waals surface area (Å²) in [4.78, 5) is 18.8. The van der Waals surface area contributed by atoms with Crippen molar-refractivity contribution < 1.29 is 4.84 Å². The van der Waals surface area contributed by atoms with Crippen LogP contribution in [0.5, 0.6) is 0 Å². The van der Waals surface area contributed by atoms with Crippen molar-refractivity contribution in [3.05, 3.63) is 119 Å². The first kappa shape index (κ1) is 18.3. The summed E-state index contributed by atoms with van der Waals surface area (Å²) in [6.45, 7) is 0.180. The van der Waals surface area contributed by atoms with E-state index in [0.717, 1.165) is 22.3 Å². The number of aromatic nitrogens is 1. The average molecular weight is 378 g/mol. The van der Waals surface area contributed by atoms with Gasteiger partial charge in [-0.25, -0.2) is 0 Å². The molecule has 0 saturated carbocycles. The molecule has 3 aromatic carbocycles. The minimum absolute atomic E-state index is 0.180. The molecule has 4 heteroatoms. The molecule has 0 amide bonds. The van der Waals surface area contributed by atoms with Gasteiger partial charge in [-0.3, -0.25) is 4.79 Å². The van der Waals surface area contributed by atoms with E-state index in [-0.39, 0.29) is 12.2 Å². The zero-order valence-electron chi connectivity index (χ0n) is 15.7. The second-order valence-corrected chi connectivity index (χ2v) is 6.58. The Morgan fingerprint density at radius 1 is 0.759 bits per heavy atom. The van der Waals surface area contributed by atoms with Crippen LogP contribution < -0.4 is 10.4 Å². The zero-order chi connectivity index (χ0) is 20.1. The summed E-state index contributed by atoms with van der Waals surface area (Å²) in [6, 6.07) is 32.3. The SMILES string of the molecule is N#Cc1cccc(COn2c(-c3ccccc3)cc(-c3ccccc3)cc2=O)c1. The van der Waals surface area contributed by atoms with Gasteiger partial charge in [0.2, 0.25) is 0 Å². The third-order valence-corrected chi connectivity index (χ3v) is 4.58. The van der Waals surface area contributed by atoms with Crippen molar-refractivity contribution in [3.63, 3.8) is 0 Å². The Balaban J connectivity index is 1.76. The van der Waals surface area contributed by atoms with E-state index in [0.29, 0.717) is 11.3 Å². The highest BCUT2D eigenvalue weighted by molar-refractivity contribution is 5.70. The van der Waals surface area contributed by atoms with Crippen LogP contribution >= 0.6 is 0 Å². The smallest absolute Gasteiger partial charge is 0.284 e. The third-order valence-electron chi connectivity index (χ3n) is 4.58. The molecule has 29 heavy (non-hydrogen) atoms. The summed E-state index contributed by atoms with van der Waals surface area (Å²) >= 11 is 0. The van der Waals surface area contributed by atoms with E-state index in [1.165, 1.54) is 4.73 Å². The van der Waals surface area contributed by atoms with Crippen LogP contribution in [0.2, 0.25) is 0 Å². The lowest BCUT2D eigenvalue weighted by Gasteiger charge is -2.16. The summed E-state index contributed by atoms with van der Waals surface area (Å²) in [6.07, 6.45) is 0. The molecule has 1 aromatic heterocycles. The van der Waals surface area contributed by atoms with Crippen molar-refractivity contribution >= 4 is 0 Å². The van der Waals surface area contributed by atoms with Gasteiger partial charge < -0.3 is 4.84 Å². The van der Waals surface area contributed by atoms with E-state index in [2.05, 4.69) is 6.07 Å². The fourth-order valence-corrected chi connectivity index (χ4v) is 3.17. The quantitative estimate of drug-likeness (QED) is 0.507. The number of nitrogens with zero attached hydrogens (tertiary/aromatic N) is 2. The molecule has 0 aliphatic heterocycles. The Bertz CT molecular complexity index is 1220. The van der Waals surface area contributed by atoms with Gasteiger partial charge in [-0.2, -0.15) is 5.26 Å². The van der Waals surface area contributed by atoms with Crippen LogP contribution in [0.15, 0.2) is 102 Å². The van der Waals surface area contributed by atoms with Crippen molar-refractivity contribution in [2.24, 2.45) is 0 Å². The molecular formula is C25H18N2O2. The second-order valence-electron chi connectivity index (χ2n) is 6.58. The van der Waals surface area contributed by atoms with Crippen LogP contribution in [0.25, 0.3) is 22.4 Å². The van der Waals surface area contributed by atoms with E-state index < -0.39 is 0 Å². The van der Waals surface area contributed by atoms with Crippen molar-refractivity contribution in [1.82, 2.24) is 4.73 Å². The molecule has 4 aromatic rings. The molecule has 0 spiro atoms. The van der Waals surface area contributed by atoms with E-state index in [9.17, 15) is 4.79 Å². The largest absolute Gasteiger partial charge is 0.405 e. The van der Waals surface area contributed by atoms with Crippen molar-refractivity contribution in [3.8, 4) is 28.5 Å². The number of hydrogen-bond donors (Lipinski definition) is 0. The van der Waals surface area contributed by atoms with Gasteiger partial charge in [0, 0.05) is 11.6 Å². The number of benzene rings is 3. The van der Waals surface area contributed by atoms with E-state index in [1.54, 1.807) is 24.3 Å². The maximum absolute atomic E-state index is 12.9.